The normalized spacial score (nSPS) is 10.2. The molecule has 0 fully saturated rings. The maximum atomic E-state index is 9.03. The van der Waals surface area contributed by atoms with Crippen LogP contribution in [0.5, 0.6) is 0 Å². The molecule has 0 amide bonds. The van der Waals surface area contributed by atoms with Gasteiger partial charge in [0.25, 0.3) is 0 Å². The number of benzene rings is 3. The minimum absolute atomic E-state index is 0. The summed E-state index contributed by atoms with van der Waals surface area (Å²) in [5, 5.41) is 13.8. The van der Waals surface area contributed by atoms with E-state index < -0.39 is 0 Å². The first-order valence-corrected chi connectivity index (χ1v) is 7.05. The number of rotatable bonds is 1. The van der Waals surface area contributed by atoms with Crippen LogP contribution in [0.2, 0.25) is 0 Å². The first-order chi connectivity index (χ1) is 10.8. The molecule has 1 aromatic heterocycles. The average molecular weight is 472 g/mol. The van der Waals surface area contributed by atoms with E-state index in [4.69, 9.17) is 5.26 Å². The number of aromatic nitrogens is 1. The summed E-state index contributed by atoms with van der Waals surface area (Å²) in [7, 11) is 0. The Morgan fingerprint density at radius 1 is 0.913 bits per heavy atom. The van der Waals surface area contributed by atoms with Crippen molar-refractivity contribution in [3.05, 3.63) is 78.5 Å². The van der Waals surface area contributed by atoms with Crippen molar-refractivity contribution >= 4 is 21.5 Å². The van der Waals surface area contributed by atoms with E-state index in [-0.39, 0.29) is 20.1 Å². The van der Waals surface area contributed by atoms with Crippen LogP contribution in [0, 0.1) is 17.4 Å². The molecule has 0 spiro atoms. The summed E-state index contributed by atoms with van der Waals surface area (Å²) >= 11 is 0. The smallest absolute Gasteiger partial charge is 0.0984 e. The van der Waals surface area contributed by atoms with Crippen molar-refractivity contribution in [2.45, 2.75) is 0 Å². The minimum atomic E-state index is 0. The first-order valence-electron chi connectivity index (χ1n) is 7.05. The molecule has 0 saturated heterocycles. The Kier molecular flexibility index (Phi) is 4.21. The molecule has 111 valence electrons. The molecule has 0 N–H and O–H groups in total. The van der Waals surface area contributed by atoms with Crippen LogP contribution >= 0.6 is 0 Å². The van der Waals surface area contributed by atoms with E-state index in [1.165, 1.54) is 16.2 Å². The van der Waals surface area contributed by atoms with Crippen LogP contribution in [0.25, 0.3) is 32.8 Å². The van der Waals surface area contributed by atoms with Gasteiger partial charge in [-0.15, -0.1) is 23.8 Å². The molecular weight excluding hydrogens is 460 g/mol. The Labute approximate surface area is 147 Å². The van der Waals surface area contributed by atoms with Gasteiger partial charge in [-0.2, -0.15) is 5.26 Å². The van der Waals surface area contributed by atoms with E-state index in [1.807, 2.05) is 18.2 Å². The second-order valence-corrected chi connectivity index (χ2v) is 5.18. The van der Waals surface area contributed by atoms with Crippen molar-refractivity contribution in [3.63, 3.8) is 0 Å². The van der Waals surface area contributed by atoms with Gasteiger partial charge in [-0.25, -0.2) is 0 Å². The summed E-state index contributed by atoms with van der Waals surface area (Å²) in [6.07, 6.45) is 1.66. The monoisotopic (exact) mass is 472 g/mol. The van der Waals surface area contributed by atoms with Gasteiger partial charge in [-0.05, 0) is 22.5 Å². The SMILES string of the molecule is N#Cc1ccnc(-c2[c-]cc3ccc4ccccc4c3c2)c1.[Ir]. The molecule has 3 heteroatoms. The van der Waals surface area contributed by atoms with E-state index in [1.54, 1.807) is 18.3 Å². The Morgan fingerprint density at radius 3 is 2.61 bits per heavy atom. The predicted molar refractivity (Wildman–Crippen MR) is 88.2 cm³/mol. The van der Waals surface area contributed by atoms with Crippen molar-refractivity contribution in [3.8, 4) is 17.3 Å². The third-order valence-corrected chi connectivity index (χ3v) is 3.84. The molecule has 0 saturated carbocycles. The number of nitrogens with zero attached hydrogens (tertiary/aromatic N) is 2. The molecule has 23 heavy (non-hydrogen) atoms. The van der Waals surface area contributed by atoms with E-state index >= 15 is 0 Å². The molecule has 1 radical (unpaired) electrons. The van der Waals surface area contributed by atoms with Gasteiger partial charge in [0.2, 0.25) is 0 Å². The summed E-state index contributed by atoms with van der Waals surface area (Å²) in [6, 6.07) is 25.6. The topological polar surface area (TPSA) is 36.7 Å². The predicted octanol–water partition coefficient (Wildman–Crippen LogP) is 4.72. The summed E-state index contributed by atoms with van der Waals surface area (Å²) in [4.78, 5) is 4.36. The van der Waals surface area contributed by atoms with E-state index in [2.05, 4.69) is 47.5 Å². The van der Waals surface area contributed by atoms with Crippen molar-refractivity contribution < 1.29 is 20.1 Å². The van der Waals surface area contributed by atoms with Gasteiger partial charge in [-0.3, -0.25) is 0 Å². The summed E-state index contributed by atoms with van der Waals surface area (Å²) in [5.41, 5.74) is 2.28. The second kappa shape index (κ2) is 6.30. The van der Waals surface area contributed by atoms with E-state index in [0.717, 1.165) is 16.6 Å². The van der Waals surface area contributed by atoms with Gasteiger partial charge in [0.1, 0.15) is 0 Å². The van der Waals surface area contributed by atoms with E-state index in [9.17, 15) is 0 Å². The maximum absolute atomic E-state index is 9.03. The number of hydrogen-bond donors (Lipinski definition) is 0. The number of nitriles is 1. The zero-order chi connectivity index (χ0) is 14.9. The molecule has 0 atom stereocenters. The Balaban J connectivity index is 0.00000156. The van der Waals surface area contributed by atoms with E-state index in [0.29, 0.717) is 5.56 Å². The Morgan fingerprint density at radius 2 is 1.74 bits per heavy atom. The zero-order valence-electron chi connectivity index (χ0n) is 12.1. The van der Waals surface area contributed by atoms with Crippen molar-refractivity contribution in [1.82, 2.24) is 4.98 Å². The standard InChI is InChI=1S/C20H11N2.Ir/c21-13-14-9-10-22-20(11-14)17-8-7-16-6-5-15-3-1-2-4-18(15)19(16)12-17;/h1-7,9-12H;/q-1;. The second-order valence-electron chi connectivity index (χ2n) is 5.18. The van der Waals surface area contributed by atoms with Gasteiger partial charge in [0, 0.05) is 31.9 Å². The van der Waals surface area contributed by atoms with Gasteiger partial charge in [0.15, 0.2) is 0 Å². The molecule has 0 aliphatic rings. The van der Waals surface area contributed by atoms with Crippen LogP contribution in [-0.2, 0) is 20.1 Å². The Hall–Kier alpha value is -2.53. The van der Waals surface area contributed by atoms with Crippen LogP contribution in [0.15, 0.2) is 66.9 Å². The van der Waals surface area contributed by atoms with Crippen molar-refractivity contribution in [1.29, 1.82) is 5.26 Å². The molecule has 0 aliphatic carbocycles. The van der Waals surface area contributed by atoms with Crippen molar-refractivity contribution in [2.24, 2.45) is 0 Å². The van der Waals surface area contributed by atoms with Crippen LogP contribution in [-0.4, -0.2) is 4.98 Å². The molecular formula is C20H11IrN2-. The third-order valence-electron chi connectivity index (χ3n) is 3.84. The third kappa shape index (κ3) is 2.75. The molecule has 0 aliphatic heterocycles. The van der Waals surface area contributed by atoms with Crippen LogP contribution < -0.4 is 0 Å². The molecule has 0 bridgehead atoms. The first kappa shape index (κ1) is 15.4. The summed E-state index contributed by atoms with van der Waals surface area (Å²) < 4.78 is 0. The fourth-order valence-corrected chi connectivity index (χ4v) is 2.74. The summed E-state index contributed by atoms with van der Waals surface area (Å²) in [5.74, 6) is 0. The Bertz CT molecular complexity index is 1050. The van der Waals surface area contributed by atoms with Gasteiger partial charge < -0.3 is 4.98 Å². The van der Waals surface area contributed by atoms with Crippen LogP contribution in [0.4, 0.5) is 0 Å². The number of hydrogen-bond acceptors (Lipinski definition) is 2. The quantitative estimate of drug-likeness (QED) is 0.298. The van der Waals surface area contributed by atoms with Crippen LogP contribution in [0.3, 0.4) is 0 Å². The van der Waals surface area contributed by atoms with Gasteiger partial charge in [0.05, 0.1) is 6.07 Å². The molecule has 0 unspecified atom stereocenters. The van der Waals surface area contributed by atoms with Gasteiger partial charge >= 0.3 is 0 Å². The molecule has 4 aromatic rings. The molecule has 2 nitrogen and oxygen atoms in total. The molecule has 4 rings (SSSR count). The number of pyridine rings is 1. The molecule has 1 heterocycles. The zero-order valence-corrected chi connectivity index (χ0v) is 14.5. The van der Waals surface area contributed by atoms with Gasteiger partial charge in [-0.1, -0.05) is 53.2 Å². The molecule has 3 aromatic carbocycles. The summed E-state index contributed by atoms with van der Waals surface area (Å²) in [6.45, 7) is 0. The maximum Gasteiger partial charge on any atom is 0.0984 e. The fraction of sp³-hybridized carbons (Fsp3) is 0. The van der Waals surface area contributed by atoms with Crippen molar-refractivity contribution in [2.75, 3.05) is 0 Å². The fourth-order valence-electron chi connectivity index (χ4n) is 2.74. The van der Waals surface area contributed by atoms with Crippen LogP contribution in [0.1, 0.15) is 5.56 Å². The number of fused-ring (bicyclic) bond motifs is 3. The minimum Gasteiger partial charge on any atom is -0.305 e. The largest absolute Gasteiger partial charge is 0.305 e. The average Bonchev–Trinajstić information content (AvgIpc) is 2.61.